The van der Waals surface area contributed by atoms with Gasteiger partial charge in [0.1, 0.15) is 37.3 Å². The normalized spacial score (nSPS) is 44.4. The van der Waals surface area contributed by atoms with Gasteiger partial charge in [0, 0.05) is 24.7 Å². The van der Waals surface area contributed by atoms with Crippen molar-refractivity contribution in [3.63, 3.8) is 0 Å². The van der Waals surface area contributed by atoms with Crippen LogP contribution in [0.2, 0.25) is 0 Å². The smallest absolute Gasteiger partial charge is 0.296 e. The van der Waals surface area contributed by atoms with E-state index in [2.05, 4.69) is 10.6 Å². The second-order valence-corrected chi connectivity index (χ2v) is 8.24. The Kier molecular flexibility index (Phi) is 4.87. The third-order valence-electron chi connectivity index (χ3n) is 6.60. The first-order valence-electron chi connectivity index (χ1n) is 9.97. The Labute approximate surface area is 166 Å². The number of hydrogen-bond acceptors (Lipinski definition) is 8. The topological polar surface area (TPSA) is 112 Å². The lowest BCUT2D eigenvalue weighted by atomic mass is 9.90. The molecule has 10 heteroatoms. The van der Waals surface area contributed by atoms with Crippen molar-refractivity contribution in [1.82, 2.24) is 15.5 Å². The highest BCUT2D eigenvalue weighted by Gasteiger charge is 2.55. The van der Waals surface area contributed by atoms with Crippen LogP contribution in [0.4, 0.5) is 8.78 Å². The summed E-state index contributed by atoms with van der Waals surface area (Å²) < 4.78 is 40.0. The minimum Gasteiger partial charge on any atom is -0.387 e. The van der Waals surface area contributed by atoms with E-state index in [-0.39, 0.29) is 29.4 Å². The van der Waals surface area contributed by atoms with E-state index in [1.165, 1.54) is 6.07 Å². The van der Waals surface area contributed by atoms with Crippen molar-refractivity contribution in [3.8, 4) is 0 Å². The maximum atomic E-state index is 14.3. The van der Waals surface area contributed by atoms with Crippen molar-refractivity contribution in [3.05, 3.63) is 35.4 Å². The number of rotatable bonds is 2. The molecule has 0 aromatic heterocycles. The van der Waals surface area contributed by atoms with Crippen LogP contribution in [0.5, 0.6) is 0 Å². The number of nitrogens with two attached hydrogens (primary N) is 1. The van der Waals surface area contributed by atoms with Crippen LogP contribution in [-0.4, -0.2) is 71.8 Å². The van der Waals surface area contributed by atoms with E-state index in [0.717, 1.165) is 6.42 Å². The summed E-state index contributed by atoms with van der Waals surface area (Å²) in [5.41, 5.74) is 6.30. The van der Waals surface area contributed by atoms with Crippen molar-refractivity contribution in [2.24, 2.45) is 11.7 Å². The molecular weight excluding hydrogens is 386 g/mol. The molecule has 5 rings (SSSR count). The fraction of sp³-hybridized carbons (Fsp3) is 0.684. The second-order valence-electron chi connectivity index (χ2n) is 8.24. The van der Waals surface area contributed by atoms with Crippen LogP contribution in [0.25, 0.3) is 0 Å². The van der Waals surface area contributed by atoms with Gasteiger partial charge in [0.15, 0.2) is 0 Å². The highest BCUT2D eigenvalue weighted by molar-refractivity contribution is 5.36. The monoisotopic (exact) mass is 412 g/mol. The number of likely N-dealkylation sites (tertiary alicyclic amines) is 1. The molecule has 0 aliphatic carbocycles. The van der Waals surface area contributed by atoms with Crippen LogP contribution < -0.4 is 16.4 Å². The number of nitrogens with zero attached hydrogens (tertiary/aromatic N) is 1. The zero-order valence-electron chi connectivity index (χ0n) is 15.7. The molecule has 8 nitrogen and oxygen atoms in total. The Morgan fingerprint density at radius 1 is 1.17 bits per heavy atom. The molecule has 0 spiro atoms. The lowest BCUT2D eigenvalue weighted by Crippen LogP contribution is -2.64. The van der Waals surface area contributed by atoms with Crippen molar-refractivity contribution in [2.75, 3.05) is 19.8 Å². The molecule has 4 heterocycles. The van der Waals surface area contributed by atoms with Crippen LogP contribution in [-0.2, 0) is 15.4 Å². The summed E-state index contributed by atoms with van der Waals surface area (Å²) in [6.07, 6.45) is -4.52. The number of ether oxygens (including phenoxy) is 2. The van der Waals surface area contributed by atoms with Crippen molar-refractivity contribution < 1.29 is 28.5 Å². The Balaban J connectivity index is 1.40. The lowest BCUT2D eigenvalue weighted by molar-refractivity contribution is -0.179. The molecule has 6 N–H and O–H groups in total. The van der Waals surface area contributed by atoms with E-state index >= 15 is 0 Å². The van der Waals surface area contributed by atoms with Gasteiger partial charge in [0.2, 0.25) is 0 Å². The Morgan fingerprint density at radius 3 is 2.79 bits per heavy atom. The van der Waals surface area contributed by atoms with Gasteiger partial charge in [0.25, 0.3) is 5.92 Å². The number of halogens is 2. The number of benzene rings is 1. The van der Waals surface area contributed by atoms with Crippen molar-refractivity contribution in [2.45, 2.75) is 55.3 Å². The van der Waals surface area contributed by atoms with Gasteiger partial charge in [-0.05, 0) is 12.0 Å². The Hall–Kier alpha value is -1.24. The minimum absolute atomic E-state index is 0.0965. The van der Waals surface area contributed by atoms with Gasteiger partial charge < -0.3 is 25.4 Å². The van der Waals surface area contributed by atoms with Crippen LogP contribution in [0.3, 0.4) is 0 Å². The molecule has 1 aromatic carbocycles. The molecule has 8 atom stereocenters. The largest absolute Gasteiger partial charge is 0.387 e. The predicted octanol–water partition coefficient (Wildman–Crippen LogP) is -0.620. The molecule has 0 saturated carbocycles. The highest BCUT2D eigenvalue weighted by Crippen LogP contribution is 2.45. The summed E-state index contributed by atoms with van der Waals surface area (Å²) in [4.78, 5) is 1.96. The van der Waals surface area contributed by atoms with E-state index in [4.69, 9.17) is 15.2 Å². The maximum absolute atomic E-state index is 14.3. The van der Waals surface area contributed by atoms with E-state index < -0.39 is 43.2 Å². The van der Waals surface area contributed by atoms with Gasteiger partial charge in [-0.25, -0.2) is 0 Å². The average molecular weight is 412 g/mol. The summed E-state index contributed by atoms with van der Waals surface area (Å²) in [5.74, 6) is -2.97. The van der Waals surface area contributed by atoms with E-state index in [1.807, 2.05) is 4.90 Å². The highest BCUT2D eigenvalue weighted by atomic mass is 19.3. The fourth-order valence-electron chi connectivity index (χ4n) is 5.13. The van der Waals surface area contributed by atoms with Crippen LogP contribution in [0, 0.1) is 5.92 Å². The molecule has 4 aliphatic heterocycles. The summed E-state index contributed by atoms with van der Waals surface area (Å²) in [5, 5.41) is 27.9. The molecule has 0 bridgehead atoms. The number of nitrogens with one attached hydrogen (secondary N) is 2. The van der Waals surface area contributed by atoms with Crippen molar-refractivity contribution in [1.29, 1.82) is 0 Å². The second kappa shape index (κ2) is 7.17. The molecule has 160 valence electrons. The number of aliphatic hydroxyl groups is 2. The zero-order valence-corrected chi connectivity index (χ0v) is 15.7. The summed E-state index contributed by atoms with van der Waals surface area (Å²) in [6.45, 7) is 0.374. The van der Waals surface area contributed by atoms with E-state index in [9.17, 15) is 19.0 Å². The molecule has 0 radical (unpaired) electrons. The predicted molar refractivity (Wildman–Crippen MR) is 97.4 cm³/mol. The number of aliphatic hydroxyl groups excluding tert-OH is 2. The average Bonchev–Trinajstić information content (AvgIpc) is 3.25. The van der Waals surface area contributed by atoms with Crippen molar-refractivity contribution >= 4 is 0 Å². The van der Waals surface area contributed by atoms with Gasteiger partial charge in [-0.3, -0.25) is 15.5 Å². The SMILES string of the molecule is NC1NCNC2C1CCN2[C@@H]1O[C@H]([C@@H]2OCC(F)(F)c3ccccc32)[C@@H](O)[C@H]1O. The van der Waals surface area contributed by atoms with Gasteiger partial charge in [-0.2, -0.15) is 8.78 Å². The Morgan fingerprint density at radius 2 is 1.97 bits per heavy atom. The van der Waals surface area contributed by atoms with Gasteiger partial charge in [-0.1, -0.05) is 24.3 Å². The first-order chi connectivity index (χ1) is 13.9. The zero-order chi connectivity index (χ0) is 20.3. The molecule has 4 aliphatic rings. The number of fused-ring (bicyclic) bond motifs is 2. The van der Waals surface area contributed by atoms with Gasteiger partial charge >= 0.3 is 0 Å². The maximum Gasteiger partial charge on any atom is 0.296 e. The van der Waals surface area contributed by atoms with Crippen LogP contribution in [0.1, 0.15) is 23.7 Å². The summed E-state index contributed by atoms with van der Waals surface area (Å²) >= 11 is 0. The molecule has 29 heavy (non-hydrogen) atoms. The van der Waals surface area contributed by atoms with Crippen LogP contribution in [0.15, 0.2) is 24.3 Å². The van der Waals surface area contributed by atoms with E-state index in [0.29, 0.717) is 13.2 Å². The fourth-order valence-corrected chi connectivity index (χ4v) is 5.13. The third-order valence-corrected chi connectivity index (χ3v) is 6.60. The quantitative estimate of drug-likeness (QED) is 0.437. The van der Waals surface area contributed by atoms with Gasteiger partial charge in [-0.15, -0.1) is 0 Å². The minimum atomic E-state index is -3.11. The molecular formula is C19H26F2N4O4. The standard InChI is InChI=1S/C19H26F2N4O4/c20-19(21)7-28-14(9-3-1-2-4-11(9)19)15-12(26)13(27)18(29-15)25-6-5-10-16(22)23-8-24-17(10)25/h1-4,10,12-18,23-24,26-27H,5-8,22H2/t10?,12-,13+,14+,15-,16?,17?,18+/m0/s1. The van der Waals surface area contributed by atoms with Crippen LogP contribution >= 0.6 is 0 Å². The number of alkyl halides is 2. The van der Waals surface area contributed by atoms with E-state index in [1.54, 1.807) is 18.2 Å². The number of hydrogen-bond donors (Lipinski definition) is 5. The van der Waals surface area contributed by atoms with Gasteiger partial charge in [0.05, 0.1) is 12.3 Å². The first-order valence-corrected chi connectivity index (χ1v) is 9.97. The first kappa shape index (κ1) is 19.7. The molecule has 3 unspecified atom stereocenters. The molecule has 3 fully saturated rings. The lowest BCUT2D eigenvalue weighted by Gasteiger charge is -2.39. The molecule has 3 saturated heterocycles. The summed E-state index contributed by atoms with van der Waals surface area (Å²) in [7, 11) is 0. The third kappa shape index (κ3) is 3.10. The Bertz CT molecular complexity index is 771. The summed E-state index contributed by atoms with van der Waals surface area (Å²) in [6, 6.07) is 6.12. The molecule has 1 aromatic rings. The molecule has 0 amide bonds.